The van der Waals surface area contributed by atoms with Crippen LogP contribution < -0.4 is 0 Å². The number of carbonyl (C=O) groups is 2. The van der Waals surface area contributed by atoms with E-state index in [1.54, 1.807) is 0 Å². The maximum atomic E-state index is 12.7. The number of amides is 2. The van der Waals surface area contributed by atoms with E-state index < -0.39 is 0 Å². The molecule has 24 heavy (non-hydrogen) atoms. The molecule has 0 atom stereocenters. The molecule has 3 rings (SSSR count). The molecular weight excluding hydrogens is 326 g/mol. The molecule has 0 radical (unpaired) electrons. The summed E-state index contributed by atoms with van der Waals surface area (Å²) in [5.41, 5.74) is 0.795. The number of hydrogen-bond donors (Lipinski definition) is 0. The molecular formula is C17H25N3O3S. The second-order valence-corrected chi connectivity index (χ2v) is 8.72. The normalized spacial score (nSPS) is 21.8. The third-order valence-electron chi connectivity index (χ3n) is 4.71. The Hall–Kier alpha value is -1.63. The Balaban J connectivity index is 1.62. The van der Waals surface area contributed by atoms with Crippen molar-refractivity contribution in [3.05, 3.63) is 15.6 Å². The maximum absolute atomic E-state index is 12.7. The van der Waals surface area contributed by atoms with Gasteiger partial charge in [-0.3, -0.25) is 4.79 Å². The fraction of sp³-hybridized carbons (Fsp3) is 0.706. The monoisotopic (exact) mass is 351 g/mol. The third-order valence-corrected chi connectivity index (χ3v) is 5.77. The van der Waals surface area contributed by atoms with E-state index in [2.05, 4.69) is 18.8 Å². The van der Waals surface area contributed by atoms with Crippen LogP contribution in [0.3, 0.4) is 0 Å². The van der Waals surface area contributed by atoms with Gasteiger partial charge in [0.05, 0.1) is 17.3 Å². The van der Waals surface area contributed by atoms with Crippen molar-refractivity contribution in [2.24, 2.45) is 5.41 Å². The summed E-state index contributed by atoms with van der Waals surface area (Å²) in [4.78, 5) is 33.6. The van der Waals surface area contributed by atoms with Gasteiger partial charge in [0.25, 0.3) is 5.91 Å². The van der Waals surface area contributed by atoms with E-state index in [9.17, 15) is 9.59 Å². The van der Waals surface area contributed by atoms with Gasteiger partial charge in [-0.1, -0.05) is 13.8 Å². The second kappa shape index (κ2) is 6.35. The molecule has 2 aliphatic heterocycles. The molecule has 6 nitrogen and oxygen atoms in total. The van der Waals surface area contributed by atoms with Crippen LogP contribution in [0.5, 0.6) is 0 Å². The van der Waals surface area contributed by atoms with Crippen molar-refractivity contribution in [1.29, 1.82) is 0 Å². The minimum absolute atomic E-state index is 0.0157. The predicted octanol–water partition coefficient (Wildman–Crippen LogP) is 2.84. The van der Waals surface area contributed by atoms with E-state index >= 15 is 0 Å². The average Bonchev–Trinajstić information content (AvgIpc) is 2.88. The summed E-state index contributed by atoms with van der Waals surface area (Å²) < 4.78 is 5.32. The number of aromatic nitrogens is 1. The number of nitrogens with zero attached hydrogens (tertiary/aromatic N) is 3. The largest absolute Gasteiger partial charge is 0.449 e. The number of carbonyl (C=O) groups excluding carboxylic acids is 2. The highest BCUT2D eigenvalue weighted by Gasteiger charge is 2.38. The van der Waals surface area contributed by atoms with E-state index in [1.165, 1.54) is 11.3 Å². The molecule has 2 aliphatic rings. The molecule has 0 N–H and O–H groups in total. The highest BCUT2D eigenvalue weighted by atomic mass is 32.1. The summed E-state index contributed by atoms with van der Waals surface area (Å²) in [5.74, 6) is 0.0677. The highest BCUT2D eigenvalue weighted by Crippen LogP contribution is 2.29. The topological polar surface area (TPSA) is 62.7 Å². The lowest BCUT2D eigenvalue weighted by Crippen LogP contribution is -2.55. The van der Waals surface area contributed by atoms with Gasteiger partial charge in [-0.2, -0.15) is 0 Å². The van der Waals surface area contributed by atoms with E-state index in [0.717, 1.165) is 35.0 Å². The fourth-order valence-electron chi connectivity index (χ4n) is 3.44. The van der Waals surface area contributed by atoms with Crippen LogP contribution in [0, 0.1) is 19.3 Å². The van der Waals surface area contributed by atoms with Crippen LogP contribution in [0.15, 0.2) is 0 Å². The number of rotatable bonds is 2. The molecule has 2 amide bonds. The van der Waals surface area contributed by atoms with Crippen molar-refractivity contribution in [2.45, 2.75) is 46.6 Å². The van der Waals surface area contributed by atoms with Crippen LogP contribution in [0.4, 0.5) is 4.79 Å². The summed E-state index contributed by atoms with van der Waals surface area (Å²) in [7, 11) is 0. The minimum atomic E-state index is -0.215. The molecule has 2 saturated heterocycles. The fourth-order valence-corrected chi connectivity index (χ4v) is 4.33. The number of piperidine rings is 1. The van der Waals surface area contributed by atoms with Crippen LogP contribution in [0.2, 0.25) is 0 Å². The van der Waals surface area contributed by atoms with Crippen LogP contribution in [-0.2, 0) is 4.74 Å². The van der Waals surface area contributed by atoms with Crippen molar-refractivity contribution in [2.75, 3.05) is 26.2 Å². The van der Waals surface area contributed by atoms with Crippen molar-refractivity contribution in [3.63, 3.8) is 0 Å². The van der Waals surface area contributed by atoms with Crippen LogP contribution in [0.25, 0.3) is 0 Å². The highest BCUT2D eigenvalue weighted by molar-refractivity contribution is 7.13. The minimum Gasteiger partial charge on any atom is -0.449 e. The van der Waals surface area contributed by atoms with Crippen molar-refractivity contribution in [1.82, 2.24) is 14.8 Å². The quantitative estimate of drug-likeness (QED) is 0.822. The molecule has 2 fully saturated rings. The summed E-state index contributed by atoms with van der Waals surface area (Å²) in [5, 5.41) is 0.920. The molecule has 7 heteroatoms. The van der Waals surface area contributed by atoms with Gasteiger partial charge in [0, 0.05) is 31.1 Å². The number of aryl methyl sites for hydroxylation is 2. The zero-order valence-electron chi connectivity index (χ0n) is 14.8. The van der Waals surface area contributed by atoms with Crippen molar-refractivity contribution >= 4 is 23.3 Å². The van der Waals surface area contributed by atoms with Gasteiger partial charge in [0.15, 0.2) is 0 Å². The van der Waals surface area contributed by atoms with Crippen molar-refractivity contribution in [3.8, 4) is 0 Å². The lowest BCUT2D eigenvalue weighted by atomic mass is 9.91. The lowest BCUT2D eigenvalue weighted by molar-refractivity contribution is -0.0153. The predicted molar refractivity (Wildman–Crippen MR) is 92.3 cm³/mol. The Bertz CT molecular complexity index is 648. The van der Waals surface area contributed by atoms with Gasteiger partial charge in [0.1, 0.15) is 4.88 Å². The Labute approximate surface area is 146 Å². The van der Waals surface area contributed by atoms with Gasteiger partial charge in [-0.05, 0) is 26.7 Å². The standard InChI is InChI=1S/C17H25N3O3S/c1-11-14(24-12(2)18-11)15(21)19-7-5-13(6-8-19)20-9-17(3,4)10-23-16(20)22/h13H,5-10H2,1-4H3. The first-order valence-corrected chi connectivity index (χ1v) is 9.25. The Morgan fingerprint density at radius 3 is 2.54 bits per heavy atom. The van der Waals surface area contributed by atoms with Gasteiger partial charge < -0.3 is 14.5 Å². The first-order chi connectivity index (χ1) is 11.3. The van der Waals surface area contributed by atoms with Crippen LogP contribution in [0.1, 0.15) is 47.1 Å². The van der Waals surface area contributed by atoms with E-state index in [4.69, 9.17) is 4.74 Å². The molecule has 0 bridgehead atoms. The molecule has 0 aliphatic carbocycles. The molecule has 0 saturated carbocycles. The summed E-state index contributed by atoms with van der Waals surface area (Å²) in [6, 6.07) is 0.158. The smallest absolute Gasteiger partial charge is 0.410 e. The lowest BCUT2D eigenvalue weighted by Gasteiger charge is -2.44. The third kappa shape index (κ3) is 3.41. The first kappa shape index (κ1) is 17.2. The number of ether oxygens (including phenoxy) is 1. The number of cyclic esters (lactones) is 1. The van der Waals surface area contributed by atoms with Crippen molar-refractivity contribution < 1.29 is 14.3 Å². The van der Waals surface area contributed by atoms with Crippen LogP contribution >= 0.6 is 11.3 Å². The van der Waals surface area contributed by atoms with Crippen LogP contribution in [-0.4, -0.2) is 59.1 Å². The van der Waals surface area contributed by atoms with E-state index in [0.29, 0.717) is 19.7 Å². The van der Waals surface area contributed by atoms with Gasteiger partial charge >= 0.3 is 6.09 Å². The van der Waals surface area contributed by atoms with E-state index in [-0.39, 0.29) is 23.5 Å². The molecule has 3 heterocycles. The summed E-state index contributed by atoms with van der Waals surface area (Å²) >= 11 is 1.46. The number of hydrogen-bond acceptors (Lipinski definition) is 5. The molecule has 132 valence electrons. The Morgan fingerprint density at radius 1 is 1.29 bits per heavy atom. The zero-order valence-corrected chi connectivity index (χ0v) is 15.6. The van der Waals surface area contributed by atoms with E-state index in [1.807, 2.05) is 23.6 Å². The summed E-state index contributed by atoms with van der Waals surface area (Å²) in [6.45, 7) is 10.6. The van der Waals surface area contributed by atoms with Gasteiger partial charge in [0.2, 0.25) is 0 Å². The molecule has 0 aromatic carbocycles. The molecule has 1 aromatic rings. The second-order valence-electron chi connectivity index (χ2n) is 7.52. The van der Waals surface area contributed by atoms with Gasteiger partial charge in [-0.15, -0.1) is 11.3 Å². The zero-order chi connectivity index (χ0) is 17.5. The van der Waals surface area contributed by atoms with Gasteiger partial charge in [-0.25, -0.2) is 9.78 Å². The first-order valence-electron chi connectivity index (χ1n) is 8.43. The molecule has 0 spiro atoms. The molecule has 1 aromatic heterocycles. The molecule has 0 unspecified atom stereocenters. The SMILES string of the molecule is Cc1nc(C)c(C(=O)N2CCC(N3CC(C)(C)COC3=O)CC2)s1. The Morgan fingerprint density at radius 2 is 1.96 bits per heavy atom. The maximum Gasteiger partial charge on any atom is 0.410 e. The average molecular weight is 351 g/mol. The summed E-state index contributed by atoms with van der Waals surface area (Å²) in [6.07, 6.45) is 1.38. The number of thiazole rings is 1. The Kier molecular flexibility index (Phi) is 4.55. The number of likely N-dealkylation sites (tertiary alicyclic amines) is 1.